The number of nitrogens with one attached hydrogen (secondary N) is 1. The molecule has 0 aliphatic carbocycles. The van der Waals surface area contributed by atoms with Crippen LogP contribution in [0.1, 0.15) is 31.4 Å². The number of fused-ring (bicyclic) bond motifs is 1. The van der Waals surface area contributed by atoms with Crippen LogP contribution < -0.4 is 11.1 Å². The van der Waals surface area contributed by atoms with Crippen LogP contribution in [0.25, 0.3) is 16.8 Å². The SMILES string of the molecule is CC(NC(=O)CCCn1c(=O)oc2ccccc21)c1ccc(-n2ccnc2)cc1. The van der Waals surface area contributed by atoms with Crippen LogP contribution in [0.2, 0.25) is 0 Å². The molecule has 7 nitrogen and oxygen atoms in total. The van der Waals surface area contributed by atoms with Gasteiger partial charge in [-0.25, -0.2) is 9.78 Å². The van der Waals surface area contributed by atoms with Crippen LogP contribution >= 0.6 is 0 Å². The van der Waals surface area contributed by atoms with Crippen molar-refractivity contribution in [1.29, 1.82) is 0 Å². The maximum Gasteiger partial charge on any atom is 0.419 e. The molecule has 1 N–H and O–H groups in total. The van der Waals surface area contributed by atoms with Crippen molar-refractivity contribution in [3.05, 3.63) is 83.4 Å². The van der Waals surface area contributed by atoms with Gasteiger partial charge in [0.1, 0.15) is 0 Å². The van der Waals surface area contributed by atoms with Crippen molar-refractivity contribution in [2.45, 2.75) is 32.4 Å². The maximum atomic E-state index is 12.3. The number of aryl methyl sites for hydroxylation is 1. The highest BCUT2D eigenvalue weighted by molar-refractivity contribution is 5.76. The number of para-hydroxylation sites is 2. The number of aromatic nitrogens is 3. The van der Waals surface area contributed by atoms with Crippen molar-refractivity contribution in [2.75, 3.05) is 0 Å². The zero-order valence-electron chi connectivity index (χ0n) is 16.1. The second-order valence-corrected chi connectivity index (χ2v) is 6.94. The van der Waals surface area contributed by atoms with E-state index in [9.17, 15) is 9.59 Å². The standard InChI is InChI=1S/C22H22N4O3/c1-16(17-8-10-18(11-9-17)25-14-12-23-15-25)24-21(27)7-4-13-26-19-5-2-3-6-20(19)29-22(26)28/h2-3,5-6,8-12,14-16H,4,7,13H2,1H3,(H,24,27). The predicted octanol–water partition coefficient (Wildman–Crippen LogP) is 3.44. The minimum atomic E-state index is -0.391. The maximum absolute atomic E-state index is 12.3. The highest BCUT2D eigenvalue weighted by Crippen LogP contribution is 2.16. The Bertz CT molecular complexity index is 1160. The lowest BCUT2D eigenvalue weighted by atomic mass is 10.1. The van der Waals surface area contributed by atoms with Crippen molar-refractivity contribution < 1.29 is 9.21 Å². The smallest absolute Gasteiger partial charge is 0.408 e. The summed E-state index contributed by atoms with van der Waals surface area (Å²) in [6, 6.07) is 15.2. The fraction of sp³-hybridized carbons (Fsp3) is 0.227. The van der Waals surface area contributed by atoms with Gasteiger partial charge in [-0.2, -0.15) is 0 Å². The average molecular weight is 390 g/mol. The molecule has 1 unspecified atom stereocenters. The van der Waals surface area contributed by atoms with E-state index in [1.165, 1.54) is 0 Å². The number of hydrogen-bond acceptors (Lipinski definition) is 4. The Morgan fingerprint density at radius 2 is 1.97 bits per heavy atom. The summed E-state index contributed by atoms with van der Waals surface area (Å²) in [6.07, 6.45) is 6.26. The van der Waals surface area contributed by atoms with Gasteiger partial charge in [-0.1, -0.05) is 24.3 Å². The van der Waals surface area contributed by atoms with E-state index >= 15 is 0 Å². The fourth-order valence-electron chi connectivity index (χ4n) is 3.37. The molecule has 0 radical (unpaired) electrons. The molecular formula is C22H22N4O3. The fourth-order valence-corrected chi connectivity index (χ4v) is 3.37. The number of carbonyl (C=O) groups excluding carboxylic acids is 1. The lowest BCUT2D eigenvalue weighted by Crippen LogP contribution is -2.27. The van der Waals surface area contributed by atoms with Gasteiger partial charge in [-0.05, 0) is 43.2 Å². The first-order chi connectivity index (χ1) is 14.1. The lowest BCUT2D eigenvalue weighted by Gasteiger charge is -2.15. The number of nitrogens with zero attached hydrogens (tertiary/aromatic N) is 3. The molecule has 0 saturated heterocycles. The van der Waals surface area contributed by atoms with Gasteiger partial charge in [-0.3, -0.25) is 9.36 Å². The Balaban J connectivity index is 1.31. The first-order valence-electron chi connectivity index (χ1n) is 9.58. The molecule has 29 heavy (non-hydrogen) atoms. The first-order valence-corrected chi connectivity index (χ1v) is 9.58. The van der Waals surface area contributed by atoms with Crippen LogP contribution in [0, 0.1) is 0 Å². The molecule has 0 aliphatic heterocycles. The highest BCUT2D eigenvalue weighted by Gasteiger charge is 2.12. The molecule has 0 bridgehead atoms. The van der Waals surface area contributed by atoms with E-state index in [2.05, 4.69) is 10.3 Å². The predicted molar refractivity (Wildman–Crippen MR) is 110 cm³/mol. The Morgan fingerprint density at radius 3 is 2.72 bits per heavy atom. The number of amides is 1. The minimum absolute atomic E-state index is 0.0444. The van der Waals surface area contributed by atoms with Crippen LogP contribution in [0.4, 0.5) is 0 Å². The number of hydrogen-bond donors (Lipinski definition) is 1. The molecule has 0 saturated carbocycles. The summed E-state index contributed by atoms with van der Waals surface area (Å²) in [5, 5.41) is 3.01. The van der Waals surface area contributed by atoms with Crippen LogP contribution in [-0.2, 0) is 11.3 Å². The largest absolute Gasteiger partial charge is 0.419 e. The van der Waals surface area contributed by atoms with Crippen LogP contribution in [0.15, 0.2) is 76.5 Å². The van der Waals surface area contributed by atoms with E-state index in [0.29, 0.717) is 25.0 Å². The molecule has 0 spiro atoms. The third-order valence-electron chi connectivity index (χ3n) is 4.93. The molecule has 148 valence electrons. The molecule has 7 heteroatoms. The number of oxazole rings is 1. The molecule has 2 aromatic carbocycles. The van der Waals surface area contributed by atoms with Gasteiger partial charge in [-0.15, -0.1) is 0 Å². The van der Waals surface area contributed by atoms with Gasteiger partial charge in [0.05, 0.1) is 17.9 Å². The van der Waals surface area contributed by atoms with Crippen molar-refractivity contribution in [3.63, 3.8) is 0 Å². The van der Waals surface area contributed by atoms with Crippen molar-refractivity contribution in [2.24, 2.45) is 0 Å². The van der Waals surface area contributed by atoms with Gasteiger partial charge in [0.2, 0.25) is 5.91 Å². The average Bonchev–Trinajstić information content (AvgIpc) is 3.36. The first kappa shape index (κ1) is 18.7. The molecular weight excluding hydrogens is 368 g/mol. The lowest BCUT2D eigenvalue weighted by molar-refractivity contribution is -0.121. The number of imidazole rings is 1. The monoisotopic (exact) mass is 390 g/mol. The third kappa shape index (κ3) is 4.13. The number of rotatable bonds is 7. The van der Waals surface area contributed by atoms with Gasteiger partial charge in [0.25, 0.3) is 0 Å². The van der Waals surface area contributed by atoms with Gasteiger partial charge in [0, 0.05) is 31.0 Å². The third-order valence-corrected chi connectivity index (χ3v) is 4.93. The van der Waals surface area contributed by atoms with Crippen LogP contribution in [0.5, 0.6) is 0 Å². The molecule has 4 aromatic rings. The molecule has 1 atom stereocenters. The summed E-state index contributed by atoms with van der Waals surface area (Å²) in [4.78, 5) is 28.3. The molecule has 4 rings (SSSR count). The minimum Gasteiger partial charge on any atom is -0.408 e. The Hall–Kier alpha value is -3.61. The van der Waals surface area contributed by atoms with Gasteiger partial charge in [0.15, 0.2) is 5.58 Å². The Labute approximate surface area is 167 Å². The quantitative estimate of drug-likeness (QED) is 0.524. The zero-order chi connectivity index (χ0) is 20.2. The van der Waals surface area contributed by atoms with E-state index in [1.807, 2.05) is 60.2 Å². The Kier molecular flexibility index (Phi) is 5.29. The van der Waals surface area contributed by atoms with E-state index in [-0.39, 0.29) is 11.9 Å². The van der Waals surface area contributed by atoms with Gasteiger partial charge >= 0.3 is 5.76 Å². The molecule has 0 fully saturated rings. The van der Waals surface area contributed by atoms with Crippen molar-refractivity contribution >= 4 is 17.0 Å². The topological polar surface area (TPSA) is 82.1 Å². The van der Waals surface area contributed by atoms with Crippen molar-refractivity contribution in [3.8, 4) is 5.69 Å². The summed E-state index contributed by atoms with van der Waals surface area (Å²) in [5.74, 6) is -0.435. The van der Waals surface area contributed by atoms with E-state index < -0.39 is 5.76 Å². The molecule has 1 amide bonds. The molecule has 2 aromatic heterocycles. The summed E-state index contributed by atoms with van der Waals surface area (Å²) >= 11 is 0. The normalized spacial score (nSPS) is 12.2. The number of carbonyl (C=O) groups is 1. The Morgan fingerprint density at radius 1 is 1.17 bits per heavy atom. The van der Waals surface area contributed by atoms with E-state index in [4.69, 9.17) is 4.42 Å². The summed E-state index contributed by atoms with van der Waals surface area (Å²) in [6.45, 7) is 2.40. The second-order valence-electron chi connectivity index (χ2n) is 6.94. The number of benzene rings is 2. The van der Waals surface area contributed by atoms with E-state index in [0.717, 1.165) is 16.8 Å². The van der Waals surface area contributed by atoms with Crippen LogP contribution in [0.3, 0.4) is 0 Å². The van der Waals surface area contributed by atoms with Gasteiger partial charge < -0.3 is 14.3 Å². The molecule has 2 heterocycles. The highest BCUT2D eigenvalue weighted by atomic mass is 16.4. The summed E-state index contributed by atoms with van der Waals surface area (Å²) in [5.41, 5.74) is 3.36. The summed E-state index contributed by atoms with van der Waals surface area (Å²) in [7, 11) is 0. The zero-order valence-corrected chi connectivity index (χ0v) is 16.1. The van der Waals surface area contributed by atoms with Crippen molar-refractivity contribution in [1.82, 2.24) is 19.4 Å². The summed E-state index contributed by atoms with van der Waals surface area (Å²) < 4.78 is 8.71. The second kappa shape index (κ2) is 8.18. The van der Waals surface area contributed by atoms with E-state index in [1.54, 1.807) is 23.2 Å². The van der Waals surface area contributed by atoms with Crippen LogP contribution in [-0.4, -0.2) is 20.0 Å². The molecule has 0 aliphatic rings.